The van der Waals surface area contributed by atoms with Gasteiger partial charge < -0.3 is 5.32 Å². The molecule has 0 aromatic carbocycles. The maximum Gasteiger partial charge on any atom is 0.220 e. The van der Waals surface area contributed by atoms with Crippen LogP contribution < -0.4 is 5.32 Å². The fourth-order valence-electron chi connectivity index (χ4n) is 3.16. The minimum atomic E-state index is -2.92. The molecule has 0 aliphatic carbocycles. The van der Waals surface area contributed by atoms with E-state index in [1.807, 2.05) is 0 Å². The molecular weight excluding hydrogens is 278 g/mol. The summed E-state index contributed by atoms with van der Waals surface area (Å²) >= 11 is 0. The lowest BCUT2D eigenvalue weighted by atomic mass is 9.86. The molecule has 2 heterocycles. The minimum Gasteiger partial charge on any atom is -0.356 e. The highest BCUT2D eigenvalue weighted by Gasteiger charge is 2.40. The fraction of sp³-hybridized carbons (Fsp3) is 0.923. The Kier molecular flexibility index (Phi) is 4.71. The van der Waals surface area contributed by atoms with Gasteiger partial charge in [0.2, 0.25) is 5.91 Å². The van der Waals surface area contributed by atoms with Crippen LogP contribution in [0.2, 0.25) is 0 Å². The summed E-state index contributed by atoms with van der Waals surface area (Å²) < 4.78 is 22.6. The lowest BCUT2D eigenvalue weighted by Crippen LogP contribution is -2.61. The molecule has 6 nitrogen and oxygen atoms in total. The average molecular weight is 303 g/mol. The summed E-state index contributed by atoms with van der Waals surface area (Å²) in [7, 11) is -0.802. The van der Waals surface area contributed by atoms with E-state index in [0.29, 0.717) is 19.5 Å². The highest BCUT2D eigenvalue weighted by atomic mass is 32.2. The molecule has 0 aromatic rings. The molecule has 2 aliphatic rings. The van der Waals surface area contributed by atoms with Crippen LogP contribution in [-0.2, 0) is 14.6 Å². The molecule has 116 valence electrons. The van der Waals surface area contributed by atoms with Crippen LogP contribution in [0.1, 0.15) is 19.3 Å². The summed E-state index contributed by atoms with van der Waals surface area (Å²) in [6.07, 6.45) is 3.63. The van der Waals surface area contributed by atoms with Crippen LogP contribution in [0.4, 0.5) is 0 Å². The molecule has 2 aliphatic heterocycles. The van der Waals surface area contributed by atoms with Crippen LogP contribution in [0.5, 0.6) is 0 Å². The van der Waals surface area contributed by atoms with Crippen molar-refractivity contribution in [2.75, 3.05) is 51.8 Å². The number of sulfone groups is 1. The lowest BCUT2D eigenvalue weighted by Gasteiger charge is -2.49. The molecule has 2 rings (SSSR count). The Bertz CT molecular complexity index is 465. The largest absolute Gasteiger partial charge is 0.356 e. The number of nitrogens with one attached hydrogen (secondary N) is 1. The van der Waals surface area contributed by atoms with E-state index in [-0.39, 0.29) is 17.2 Å². The van der Waals surface area contributed by atoms with Gasteiger partial charge in [-0.3, -0.25) is 14.6 Å². The molecule has 0 radical (unpaired) electrons. The average Bonchev–Trinajstić information content (AvgIpc) is 2.54. The van der Waals surface area contributed by atoms with Crippen LogP contribution in [0, 0.1) is 0 Å². The third-order valence-corrected chi connectivity index (χ3v) is 5.51. The van der Waals surface area contributed by atoms with Crippen LogP contribution >= 0.6 is 0 Å². The van der Waals surface area contributed by atoms with Crippen molar-refractivity contribution in [2.45, 2.75) is 24.8 Å². The van der Waals surface area contributed by atoms with E-state index in [1.165, 1.54) is 6.26 Å². The molecule has 7 heteroatoms. The zero-order chi connectivity index (χ0) is 14.8. The molecule has 0 saturated carbocycles. The van der Waals surface area contributed by atoms with Gasteiger partial charge in [0, 0.05) is 50.9 Å². The van der Waals surface area contributed by atoms with Crippen molar-refractivity contribution in [1.29, 1.82) is 0 Å². The SMILES string of the molecule is CN1CCN(CCS(C)(=O)=O)C[C@]12CCNC(=O)CC2. The van der Waals surface area contributed by atoms with Crippen LogP contribution in [-0.4, -0.2) is 81.4 Å². The summed E-state index contributed by atoms with van der Waals surface area (Å²) in [6, 6.07) is 0. The molecule has 2 saturated heterocycles. The number of amides is 1. The molecule has 2 fully saturated rings. The second kappa shape index (κ2) is 5.99. The summed E-state index contributed by atoms with van der Waals surface area (Å²) in [6.45, 7) is 3.99. The zero-order valence-electron chi connectivity index (χ0n) is 12.4. The Labute approximate surface area is 121 Å². The van der Waals surface area contributed by atoms with Crippen LogP contribution in [0.3, 0.4) is 0 Å². The predicted octanol–water partition coefficient (Wildman–Crippen LogP) is -0.683. The third-order valence-electron chi connectivity index (χ3n) is 4.59. The fourth-order valence-corrected chi connectivity index (χ4v) is 3.75. The predicted molar refractivity (Wildman–Crippen MR) is 78.4 cm³/mol. The quantitative estimate of drug-likeness (QED) is 0.748. The Morgan fingerprint density at radius 1 is 1.30 bits per heavy atom. The van der Waals surface area contributed by atoms with E-state index < -0.39 is 9.84 Å². The molecule has 1 spiro atoms. The standard InChI is InChI=1S/C13H25N3O3S/c1-15-7-8-16(9-10-20(2,18)19)11-13(15)4-3-12(17)14-6-5-13/h3-11H2,1-2H3,(H,14,17)/t13-/m0/s1. The van der Waals surface area contributed by atoms with Crippen molar-refractivity contribution < 1.29 is 13.2 Å². The number of nitrogens with zero attached hydrogens (tertiary/aromatic N) is 2. The smallest absolute Gasteiger partial charge is 0.220 e. The normalized spacial score (nSPS) is 30.2. The molecule has 1 N–H and O–H groups in total. The van der Waals surface area contributed by atoms with Gasteiger partial charge in [0.15, 0.2) is 0 Å². The second-order valence-corrected chi connectivity index (χ2v) is 8.41. The maximum atomic E-state index is 11.5. The third kappa shape index (κ3) is 3.93. The molecule has 20 heavy (non-hydrogen) atoms. The minimum absolute atomic E-state index is 0.00884. The maximum absolute atomic E-state index is 11.5. The first-order chi connectivity index (χ1) is 9.31. The van der Waals surface area contributed by atoms with E-state index in [2.05, 4.69) is 22.2 Å². The topological polar surface area (TPSA) is 69.7 Å². The second-order valence-electron chi connectivity index (χ2n) is 6.15. The highest BCUT2D eigenvalue weighted by molar-refractivity contribution is 7.90. The monoisotopic (exact) mass is 303 g/mol. The first-order valence-electron chi connectivity index (χ1n) is 7.19. The molecule has 0 unspecified atom stereocenters. The number of hydrogen-bond acceptors (Lipinski definition) is 5. The summed E-state index contributed by atoms with van der Waals surface area (Å²) in [5.74, 6) is 0.341. The number of likely N-dealkylation sites (N-methyl/N-ethyl adjacent to an activating group) is 1. The van der Waals surface area contributed by atoms with Gasteiger partial charge in [-0.25, -0.2) is 8.42 Å². The van der Waals surface area contributed by atoms with Crippen LogP contribution in [0.15, 0.2) is 0 Å². The number of carbonyl (C=O) groups excluding carboxylic acids is 1. The van der Waals surface area contributed by atoms with Crippen molar-refractivity contribution in [3.05, 3.63) is 0 Å². The Morgan fingerprint density at radius 2 is 2.05 bits per heavy atom. The van der Waals surface area contributed by atoms with Gasteiger partial charge in [0.05, 0.1) is 5.75 Å². The van der Waals surface area contributed by atoms with Gasteiger partial charge >= 0.3 is 0 Å². The molecule has 1 atom stereocenters. The van der Waals surface area contributed by atoms with Crippen molar-refractivity contribution in [3.63, 3.8) is 0 Å². The van der Waals surface area contributed by atoms with Crippen LogP contribution in [0.25, 0.3) is 0 Å². The number of carbonyl (C=O) groups is 1. The van der Waals surface area contributed by atoms with Crippen molar-refractivity contribution in [1.82, 2.24) is 15.1 Å². The summed E-state index contributed by atoms with van der Waals surface area (Å²) in [4.78, 5) is 16.1. The first kappa shape index (κ1) is 15.7. The molecule has 1 amide bonds. The summed E-state index contributed by atoms with van der Waals surface area (Å²) in [5, 5.41) is 2.93. The Hall–Kier alpha value is -0.660. The molecule has 0 aromatic heterocycles. The van der Waals surface area contributed by atoms with Gasteiger partial charge in [-0.1, -0.05) is 0 Å². The Morgan fingerprint density at radius 3 is 2.75 bits per heavy atom. The molecule has 0 bridgehead atoms. The van der Waals surface area contributed by atoms with Crippen molar-refractivity contribution >= 4 is 15.7 Å². The zero-order valence-corrected chi connectivity index (χ0v) is 13.2. The van der Waals surface area contributed by atoms with E-state index in [4.69, 9.17) is 0 Å². The van der Waals surface area contributed by atoms with Crippen molar-refractivity contribution in [2.24, 2.45) is 0 Å². The van der Waals surface area contributed by atoms with Gasteiger partial charge in [-0.15, -0.1) is 0 Å². The van der Waals surface area contributed by atoms with Gasteiger partial charge in [0.1, 0.15) is 9.84 Å². The number of piperazine rings is 1. The number of hydrogen-bond donors (Lipinski definition) is 1. The van der Waals surface area contributed by atoms with Gasteiger partial charge in [-0.2, -0.15) is 0 Å². The lowest BCUT2D eigenvalue weighted by molar-refractivity contribution is -0.121. The number of rotatable bonds is 3. The van der Waals surface area contributed by atoms with E-state index in [0.717, 1.165) is 32.5 Å². The van der Waals surface area contributed by atoms with Gasteiger partial charge in [0.25, 0.3) is 0 Å². The summed E-state index contributed by atoms with van der Waals surface area (Å²) in [5.41, 5.74) is 0.00884. The van der Waals surface area contributed by atoms with E-state index >= 15 is 0 Å². The first-order valence-corrected chi connectivity index (χ1v) is 9.25. The van der Waals surface area contributed by atoms with E-state index in [9.17, 15) is 13.2 Å². The molecular formula is C13H25N3O3S. The van der Waals surface area contributed by atoms with E-state index in [1.54, 1.807) is 0 Å². The highest BCUT2D eigenvalue weighted by Crippen LogP contribution is 2.30. The van der Waals surface area contributed by atoms with Crippen molar-refractivity contribution in [3.8, 4) is 0 Å². The Balaban J connectivity index is 2.02. The van der Waals surface area contributed by atoms with Gasteiger partial charge in [-0.05, 0) is 19.9 Å².